The molecule has 7 nitrogen and oxygen atoms in total. The van der Waals surface area contributed by atoms with Gasteiger partial charge in [-0.15, -0.1) is 0 Å². The Morgan fingerprint density at radius 1 is 1.09 bits per heavy atom. The van der Waals surface area contributed by atoms with Gasteiger partial charge in [0.15, 0.2) is 0 Å². The van der Waals surface area contributed by atoms with Crippen LogP contribution < -0.4 is 5.32 Å². The van der Waals surface area contributed by atoms with Crippen LogP contribution in [0.25, 0.3) is 0 Å². The van der Waals surface area contributed by atoms with Crippen LogP contribution in [-0.4, -0.2) is 45.6 Å². The molecular formula is C24H29FN4O3. The van der Waals surface area contributed by atoms with Gasteiger partial charge in [0.25, 0.3) is 0 Å². The van der Waals surface area contributed by atoms with Crippen molar-refractivity contribution in [3.8, 4) is 0 Å². The summed E-state index contributed by atoms with van der Waals surface area (Å²) in [6.45, 7) is 7.67. The van der Waals surface area contributed by atoms with Gasteiger partial charge >= 0.3 is 12.1 Å². The van der Waals surface area contributed by atoms with Gasteiger partial charge in [0.1, 0.15) is 11.4 Å². The first-order chi connectivity index (χ1) is 15.2. The van der Waals surface area contributed by atoms with E-state index in [1.54, 1.807) is 9.80 Å². The SMILES string of the molecule is CC(C)(C)OC(=O)N1CCC(c2ccc(NC(=O)N3Cc4cc(F)cnc4C3)cc2)CC1. The van der Waals surface area contributed by atoms with Crippen molar-refractivity contribution in [2.24, 2.45) is 0 Å². The van der Waals surface area contributed by atoms with Gasteiger partial charge in [-0.3, -0.25) is 4.98 Å². The number of likely N-dealkylation sites (tertiary alicyclic amines) is 1. The number of nitrogens with zero attached hydrogens (tertiary/aromatic N) is 3. The topological polar surface area (TPSA) is 74.8 Å². The van der Waals surface area contributed by atoms with E-state index in [1.807, 2.05) is 45.0 Å². The summed E-state index contributed by atoms with van der Waals surface area (Å²) in [6.07, 6.45) is 2.67. The third-order valence-corrected chi connectivity index (χ3v) is 5.80. The molecule has 0 spiro atoms. The maximum absolute atomic E-state index is 13.3. The van der Waals surface area contributed by atoms with E-state index >= 15 is 0 Å². The maximum atomic E-state index is 13.3. The Bertz CT molecular complexity index is 995. The molecule has 2 aliphatic heterocycles. The number of carbonyl (C=O) groups is 2. The average molecular weight is 441 g/mol. The van der Waals surface area contributed by atoms with Crippen LogP contribution in [0, 0.1) is 5.82 Å². The number of amides is 3. The van der Waals surface area contributed by atoms with Crippen LogP contribution in [0.5, 0.6) is 0 Å². The minimum absolute atomic E-state index is 0.234. The Balaban J connectivity index is 1.29. The molecular weight excluding hydrogens is 411 g/mol. The molecule has 1 N–H and O–H groups in total. The maximum Gasteiger partial charge on any atom is 0.410 e. The quantitative estimate of drug-likeness (QED) is 0.722. The molecule has 4 rings (SSSR count). The van der Waals surface area contributed by atoms with Crippen LogP contribution in [-0.2, 0) is 17.8 Å². The van der Waals surface area contributed by atoms with E-state index in [0.29, 0.717) is 37.8 Å². The summed E-state index contributed by atoms with van der Waals surface area (Å²) in [5.74, 6) is -0.0222. The molecule has 1 aromatic heterocycles. The van der Waals surface area contributed by atoms with Gasteiger partial charge in [-0.2, -0.15) is 0 Å². The van der Waals surface area contributed by atoms with E-state index < -0.39 is 11.4 Å². The fourth-order valence-electron chi connectivity index (χ4n) is 4.14. The molecule has 0 saturated carbocycles. The molecule has 0 aliphatic carbocycles. The zero-order valence-electron chi connectivity index (χ0n) is 18.7. The number of fused-ring (bicyclic) bond motifs is 1. The van der Waals surface area contributed by atoms with E-state index in [-0.39, 0.29) is 12.1 Å². The van der Waals surface area contributed by atoms with Crippen LogP contribution in [0.15, 0.2) is 36.5 Å². The zero-order chi connectivity index (χ0) is 22.9. The van der Waals surface area contributed by atoms with Crippen LogP contribution in [0.1, 0.15) is 56.4 Å². The van der Waals surface area contributed by atoms with E-state index in [4.69, 9.17) is 4.74 Å². The van der Waals surface area contributed by atoms with Crippen LogP contribution in [0.4, 0.5) is 19.7 Å². The molecule has 1 fully saturated rings. The molecule has 1 aromatic carbocycles. The first-order valence-electron chi connectivity index (χ1n) is 10.9. The highest BCUT2D eigenvalue weighted by molar-refractivity contribution is 5.89. The van der Waals surface area contributed by atoms with E-state index in [0.717, 1.165) is 24.1 Å². The second kappa shape index (κ2) is 8.76. The van der Waals surface area contributed by atoms with Crippen molar-refractivity contribution in [3.05, 3.63) is 59.2 Å². The van der Waals surface area contributed by atoms with Crippen molar-refractivity contribution in [3.63, 3.8) is 0 Å². The Morgan fingerprint density at radius 3 is 2.44 bits per heavy atom. The highest BCUT2D eigenvalue weighted by Gasteiger charge is 2.28. The number of nitrogens with one attached hydrogen (secondary N) is 1. The molecule has 0 bridgehead atoms. The molecule has 3 amide bonds. The minimum atomic E-state index is -0.487. The third kappa shape index (κ3) is 5.18. The van der Waals surface area contributed by atoms with Crippen molar-refractivity contribution >= 4 is 17.8 Å². The normalized spacial score (nSPS) is 16.6. The summed E-state index contributed by atoms with van der Waals surface area (Å²) in [7, 11) is 0. The van der Waals surface area contributed by atoms with Crippen molar-refractivity contribution in [2.45, 2.75) is 58.2 Å². The number of rotatable bonds is 2. The minimum Gasteiger partial charge on any atom is -0.444 e. The Hall–Kier alpha value is -3.16. The lowest BCUT2D eigenvalue weighted by Gasteiger charge is -2.33. The molecule has 1 saturated heterocycles. The number of hydrogen-bond acceptors (Lipinski definition) is 4. The van der Waals surface area contributed by atoms with Crippen molar-refractivity contribution in [1.29, 1.82) is 0 Å². The highest BCUT2D eigenvalue weighted by Crippen LogP contribution is 2.30. The number of piperidine rings is 1. The number of anilines is 1. The van der Waals surface area contributed by atoms with Gasteiger partial charge in [0, 0.05) is 25.3 Å². The van der Waals surface area contributed by atoms with Crippen molar-refractivity contribution in [1.82, 2.24) is 14.8 Å². The van der Waals surface area contributed by atoms with Crippen LogP contribution in [0.2, 0.25) is 0 Å². The van der Waals surface area contributed by atoms with Gasteiger partial charge in [-0.25, -0.2) is 14.0 Å². The Kier molecular flexibility index (Phi) is 6.04. The highest BCUT2D eigenvalue weighted by atomic mass is 19.1. The van der Waals surface area contributed by atoms with Gasteiger partial charge < -0.3 is 19.9 Å². The standard InChI is InChI=1S/C24H29FN4O3/c1-24(2,3)32-23(31)28-10-8-17(9-11-28)16-4-6-20(7-5-16)27-22(30)29-14-18-12-19(25)13-26-21(18)15-29/h4-7,12-13,17H,8-11,14-15H2,1-3H3,(H,27,30). The van der Waals surface area contributed by atoms with Crippen LogP contribution in [0.3, 0.4) is 0 Å². The second-order valence-electron chi connectivity index (χ2n) is 9.41. The predicted octanol–water partition coefficient (Wildman–Crippen LogP) is 4.88. The first kappa shape index (κ1) is 22.0. The average Bonchev–Trinajstić information content (AvgIpc) is 3.17. The van der Waals surface area contributed by atoms with Crippen LogP contribution >= 0.6 is 0 Å². The molecule has 170 valence electrons. The van der Waals surface area contributed by atoms with Gasteiger partial charge in [0.2, 0.25) is 0 Å². The number of halogens is 1. The number of aromatic nitrogens is 1. The summed E-state index contributed by atoms with van der Waals surface area (Å²) < 4.78 is 18.8. The lowest BCUT2D eigenvalue weighted by molar-refractivity contribution is 0.0205. The molecule has 0 unspecified atom stereocenters. The van der Waals surface area contributed by atoms with E-state index in [1.165, 1.54) is 17.8 Å². The summed E-state index contributed by atoms with van der Waals surface area (Å²) in [4.78, 5) is 32.3. The number of urea groups is 1. The summed E-state index contributed by atoms with van der Waals surface area (Å²) in [5, 5.41) is 2.90. The fourth-order valence-corrected chi connectivity index (χ4v) is 4.14. The second-order valence-corrected chi connectivity index (χ2v) is 9.41. The number of ether oxygens (including phenoxy) is 1. The van der Waals surface area contributed by atoms with Gasteiger partial charge in [0.05, 0.1) is 18.4 Å². The predicted molar refractivity (Wildman–Crippen MR) is 119 cm³/mol. The monoisotopic (exact) mass is 440 g/mol. The number of carbonyl (C=O) groups excluding carboxylic acids is 2. The molecule has 2 aliphatic rings. The van der Waals surface area contributed by atoms with Gasteiger partial charge in [-0.1, -0.05) is 12.1 Å². The largest absolute Gasteiger partial charge is 0.444 e. The molecule has 2 aromatic rings. The number of pyridine rings is 1. The number of benzene rings is 1. The summed E-state index contributed by atoms with van der Waals surface area (Å²) >= 11 is 0. The Labute approximate surface area is 187 Å². The molecule has 32 heavy (non-hydrogen) atoms. The third-order valence-electron chi connectivity index (χ3n) is 5.80. The Morgan fingerprint density at radius 2 is 1.78 bits per heavy atom. The number of hydrogen-bond donors (Lipinski definition) is 1. The summed E-state index contributed by atoms with van der Waals surface area (Å²) in [5.41, 5.74) is 2.89. The molecule has 3 heterocycles. The first-order valence-corrected chi connectivity index (χ1v) is 10.9. The van der Waals surface area contributed by atoms with Crippen molar-refractivity contribution in [2.75, 3.05) is 18.4 Å². The summed E-state index contributed by atoms with van der Waals surface area (Å²) in [6, 6.07) is 9.04. The van der Waals surface area contributed by atoms with E-state index in [2.05, 4.69) is 10.3 Å². The molecule has 0 radical (unpaired) electrons. The lowest BCUT2D eigenvalue weighted by Crippen LogP contribution is -2.41. The fraction of sp³-hybridized carbons (Fsp3) is 0.458. The van der Waals surface area contributed by atoms with Gasteiger partial charge in [-0.05, 0) is 68.9 Å². The molecule has 8 heteroatoms. The molecule has 0 atom stereocenters. The van der Waals surface area contributed by atoms with Crippen molar-refractivity contribution < 1.29 is 18.7 Å². The smallest absolute Gasteiger partial charge is 0.410 e. The zero-order valence-corrected chi connectivity index (χ0v) is 18.7. The van der Waals surface area contributed by atoms with E-state index in [9.17, 15) is 14.0 Å². The lowest BCUT2D eigenvalue weighted by atomic mass is 9.89.